The normalized spacial score (nSPS) is 33.2. The van der Waals surface area contributed by atoms with E-state index in [0.717, 1.165) is 44.2 Å². The van der Waals surface area contributed by atoms with E-state index in [1.54, 1.807) is 0 Å². The van der Waals surface area contributed by atoms with Crippen LogP contribution < -0.4 is 10.6 Å². The first-order valence-electron chi connectivity index (χ1n) is 11.8. The van der Waals surface area contributed by atoms with Crippen molar-refractivity contribution >= 4 is 5.91 Å². The predicted molar refractivity (Wildman–Crippen MR) is 109 cm³/mol. The van der Waals surface area contributed by atoms with E-state index in [1.807, 2.05) is 0 Å². The van der Waals surface area contributed by atoms with E-state index in [1.165, 1.54) is 83.5 Å². The molecule has 2 aliphatic carbocycles. The molecule has 1 atom stereocenters. The number of hydrogen-bond donors (Lipinski definition) is 2. The topological polar surface area (TPSA) is 41.1 Å². The van der Waals surface area contributed by atoms with Gasteiger partial charge in [0.15, 0.2) is 0 Å². The summed E-state index contributed by atoms with van der Waals surface area (Å²) in [6, 6.07) is 0.376. The third kappa shape index (κ3) is 6.55. The number of rotatable bonds is 3. The van der Waals surface area contributed by atoms with Crippen molar-refractivity contribution in [2.45, 2.75) is 109 Å². The summed E-state index contributed by atoms with van der Waals surface area (Å²) in [7, 11) is 0. The molecule has 3 nitrogen and oxygen atoms in total. The van der Waals surface area contributed by atoms with Gasteiger partial charge in [0, 0.05) is 18.5 Å². The SMILES string of the molecule is O=C(N[C@@H]1CCNC1)C1CCCCC(C2CCCCCCC2)CCCC1. The van der Waals surface area contributed by atoms with E-state index >= 15 is 0 Å². The smallest absolute Gasteiger partial charge is 0.223 e. The summed E-state index contributed by atoms with van der Waals surface area (Å²) < 4.78 is 0. The molecule has 3 rings (SSSR count). The molecule has 1 heterocycles. The van der Waals surface area contributed by atoms with E-state index in [-0.39, 0.29) is 5.92 Å². The lowest BCUT2D eigenvalue weighted by molar-refractivity contribution is -0.126. The van der Waals surface area contributed by atoms with Gasteiger partial charge in [-0.05, 0) is 37.6 Å². The standard InChI is InChI=1S/C23H42N2O/c26-23(25-22-16-17-24-18-22)21-14-8-6-12-20(13-7-9-15-21)19-10-4-2-1-3-5-11-19/h19-22,24H,1-18H2,(H,25,26)/t20?,21?,22-/m1/s1. The molecule has 1 saturated heterocycles. The first-order chi connectivity index (χ1) is 12.8. The quantitative estimate of drug-likeness (QED) is 0.725. The van der Waals surface area contributed by atoms with Gasteiger partial charge in [-0.25, -0.2) is 0 Å². The zero-order valence-corrected chi connectivity index (χ0v) is 16.9. The number of nitrogens with one attached hydrogen (secondary N) is 2. The fraction of sp³-hybridized carbons (Fsp3) is 0.957. The first kappa shape index (κ1) is 20.2. The van der Waals surface area contributed by atoms with Gasteiger partial charge in [0.05, 0.1) is 0 Å². The minimum atomic E-state index is 0.272. The van der Waals surface area contributed by atoms with Crippen LogP contribution in [-0.2, 0) is 4.79 Å². The molecule has 3 fully saturated rings. The maximum atomic E-state index is 12.7. The van der Waals surface area contributed by atoms with Crippen LogP contribution >= 0.6 is 0 Å². The Bertz CT molecular complexity index is 385. The van der Waals surface area contributed by atoms with E-state index in [4.69, 9.17) is 0 Å². The lowest BCUT2D eigenvalue weighted by atomic mass is 9.76. The van der Waals surface area contributed by atoms with Crippen LogP contribution in [0.4, 0.5) is 0 Å². The molecule has 150 valence electrons. The van der Waals surface area contributed by atoms with Gasteiger partial charge in [-0.1, -0.05) is 83.5 Å². The Kier molecular flexibility index (Phi) is 8.78. The molecule has 1 aliphatic heterocycles. The molecule has 1 amide bonds. The second kappa shape index (κ2) is 11.3. The van der Waals surface area contributed by atoms with Crippen molar-refractivity contribution in [3.8, 4) is 0 Å². The highest BCUT2D eigenvalue weighted by molar-refractivity contribution is 5.79. The summed E-state index contributed by atoms with van der Waals surface area (Å²) in [6.45, 7) is 2.01. The third-order valence-corrected chi connectivity index (χ3v) is 7.35. The van der Waals surface area contributed by atoms with Crippen LogP contribution in [0.15, 0.2) is 0 Å². The molecule has 3 heteroatoms. The van der Waals surface area contributed by atoms with Crippen LogP contribution in [-0.4, -0.2) is 25.0 Å². The Balaban J connectivity index is 1.43. The highest BCUT2D eigenvalue weighted by atomic mass is 16.1. The Hall–Kier alpha value is -0.570. The van der Waals surface area contributed by atoms with Gasteiger partial charge < -0.3 is 10.6 Å². The summed E-state index contributed by atoms with van der Waals surface area (Å²) in [6.07, 6.45) is 21.7. The molecule has 2 N–H and O–H groups in total. The molecule has 0 aromatic heterocycles. The number of amides is 1. The van der Waals surface area contributed by atoms with Gasteiger partial charge in [-0.15, -0.1) is 0 Å². The molecular weight excluding hydrogens is 320 g/mol. The second-order valence-corrected chi connectivity index (χ2v) is 9.33. The number of carbonyl (C=O) groups excluding carboxylic acids is 1. The van der Waals surface area contributed by atoms with Crippen LogP contribution in [0.2, 0.25) is 0 Å². The van der Waals surface area contributed by atoms with Crippen LogP contribution in [0.25, 0.3) is 0 Å². The molecule has 3 aliphatic rings. The molecule has 0 radical (unpaired) electrons. The van der Waals surface area contributed by atoms with Crippen LogP contribution in [0, 0.1) is 17.8 Å². The van der Waals surface area contributed by atoms with Crippen molar-refractivity contribution in [1.82, 2.24) is 10.6 Å². The third-order valence-electron chi connectivity index (χ3n) is 7.35. The van der Waals surface area contributed by atoms with Gasteiger partial charge in [0.2, 0.25) is 5.91 Å². The second-order valence-electron chi connectivity index (χ2n) is 9.33. The van der Waals surface area contributed by atoms with Crippen molar-refractivity contribution in [1.29, 1.82) is 0 Å². The van der Waals surface area contributed by atoms with Crippen molar-refractivity contribution in [3.63, 3.8) is 0 Å². The van der Waals surface area contributed by atoms with Gasteiger partial charge in [0.1, 0.15) is 0 Å². The van der Waals surface area contributed by atoms with Crippen LogP contribution in [0.3, 0.4) is 0 Å². The Morgan fingerprint density at radius 3 is 1.69 bits per heavy atom. The summed E-state index contributed by atoms with van der Waals surface area (Å²) >= 11 is 0. The fourth-order valence-corrected chi connectivity index (χ4v) is 5.67. The molecule has 0 aromatic carbocycles. The van der Waals surface area contributed by atoms with E-state index < -0.39 is 0 Å². The lowest BCUT2D eigenvalue weighted by Gasteiger charge is -2.30. The molecule has 0 unspecified atom stereocenters. The summed E-state index contributed by atoms with van der Waals surface area (Å²) in [5.74, 6) is 2.59. The van der Waals surface area contributed by atoms with Crippen molar-refractivity contribution in [2.24, 2.45) is 17.8 Å². The highest BCUT2D eigenvalue weighted by Crippen LogP contribution is 2.35. The summed E-state index contributed by atoms with van der Waals surface area (Å²) in [5, 5.41) is 6.66. The molecule has 0 aromatic rings. The monoisotopic (exact) mass is 362 g/mol. The molecular formula is C23H42N2O. The van der Waals surface area contributed by atoms with Crippen LogP contribution in [0.1, 0.15) is 103 Å². The number of carbonyl (C=O) groups is 1. The minimum Gasteiger partial charge on any atom is -0.352 e. The van der Waals surface area contributed by atoms with E-state index in [2.05, 4.69) is 10.6 Å². The van der Waals surface area contributed by atoms with Gasteiger partial charge in [0.25, 0.3) is 0 Å². The average Bonchev–Trinajstić information content (AvgIpc) is 3.12. The Morgan fingerprint density at radius 1 is 0.654 bits per heavy atom. The highest BCUT2D eigenvalue weighted by Gasteiger charge is 2.26. The maximum Gasteiger partial charge on any atom is 0.223 e. The molecule has 0 spiro atoms. The van der Waals surface area contributed by atoms with Crippen molar-refractivity contribution in [3.05, 3.63) is 0 Å². The first-order valence-corrected chi connectivity index (χ1v) is 11.8. The maximum absolute atomic E-state index is 12.7. The zero-order valence-electron chi connectivity index (χ0n) is 16.9. The summed E-state index contributed by atoms with van der Waals surface area (Å²) in [5.41, 5.74) is 0. The minimum absolute atomic E-state index is 0.272. The van der Waals surface area contributed by atoms with Gasteiger partial charge in [-0.2, -0.15) is 0 Å². The fourth-order valence-electron chi connectivity index (χ4n) is 5.67. The number of hydrogen-bond acceptors (Lipinski definition) is 2. The lowest BCUT2D eigenvalue weighted by Crippen LogP contribution is -2.40. The van der Waals surface area contributed by atoms with E-state index in [9.17, 15) is 4.79 Å². The summed E-state index contributed by atoms with van der Waals surface area (Å²) in [4.78, 5) is 12.7. The largest absolute Gasteiger partial charge is 0.352 e. The Labute approximate surface area is 161 Å². The van der Waals surface area contributed by atoms with Crippen LogP contribution in [0.5, 0.6) is 0 Å². The molecule has 2 saturated carbocycles. The van der Waals surface area contributed by atoms with Crippen molar-refractivity contribution < 1.29 is 4.79 Å². The van der Waals surface area contributed by atoms with Crippen molar-refractivity contribution in [2.75, 3.05) is 13.1 Å². The Morgan fingerprint density at radius 2 is 1.15 bits per heavy atom. The molecule has 0 bridgehead atoms. The van der Waals surface area contributed by atoms with Gasteiger partial charge in [-0.3, -0.25) is 4.79 Å². The molecule has 26 heavy (non-hydrogen) atoms. The average molecular weight is 363 g/mol. The zero-order chi connectivity index (χ0) is 18.0. The van der Waals surface area contributed by atoms with E-state index in [0.29, 0.717) is 11.9 Å². The predicted octanol–water partition coefficient (Wildman–Crippen LogP) is 5.19. The van der Waals surface area contributed by atoms with Gasteiger partial charge >= 0.3 is 0 Å².